The van der Waals surface area contributed by atoms with Gasteiger partial charge in [0.1, 0.15) is 6.10 Å². The standard InChI is InChI=1S/C42H76NO7P/c1-3-5-7-9-11-13-15-17-18-19-20-21-22-23-24-26-28-30-32-34-37-47-39-41(40-49-51(45,46)48-38-36-43)50-42(44)35-33-31-29-27-25-16-14-12-10-8-6-4-2/h5,7,11-14,17-18,20-21,41H,3-4,6,8-10,15-16,19,22-40,43H2,1-2H3,(H,45,46)/b7-5-,13-11-,14-12-,18-17-,21-20-. The summed E-state index contributed by atoms with van der Waals surface area (Å²) >= 11 is 0. The molecule has 0 saturated carbocycles. The fourth-order valence-corrected chi connectivity index (χ4v) is 5.98. The van der Waals surface area contributed by atoms with Crippen molar-refractivity contribution >= 4 is 13.8 Å². The minimum absolute atomic E-state index is 0.0945. The monoisotopic (exact) mass is 738 g/mol. The van der Waals surface area contributed by atoms with E-state index in [4.69, 9.17) is 24.3 Å². The molecule has 0 aliphatic rings. The van der Waals surface area contributed by atoms with E-state index >= 15 is 0 Å². The first-order valence-corrected chi connectivity index (χ1v) is 21.8. The van der Waals surface area contributed by atoms with Crippen LogP contribution < -0.4 is 5.73 Å². The highest BCUT2D eigenvalue weighted by Crippen LogP contribution is 2.43. The van der Waals surface area contributed by atoms with Crippen molar-refractivity contribution in [1.82, 2.24) is 0 Å². The predicted molar refractivity (Wildman–Crippen MR) is 215 cm³/mol. The second kappa shape index (κ2) is 39.4. The third-order valence-corrected chi connectivity index (χ3v) is 9.15. The van der Waals surface area contributed by atoms with Crippen molar-refractivity contribution in [2.75, 3.05) is 33.0 Å². The second-order valence-corrected chi connectivity index (χ2v) is 14.6. The van der Waals surface area contributed by atoms with Crippen LogP contribution in [0.3, 0.4) is 0 Å². The summed E-state index contributed by atoms with van der Waals surface area (Å²) in [6.45, 7) is 4.73. The summed E-state index contributed by atoms with van der Waals surface area (Å²) in [5.41, 5.74) is 5.36. The first-order chi connectivity index (χ1) is 24.9. The van der Waals surface area contributed by atoms with Crippen LogP contribution in [0.15, 0.2) is 60.8 Å². The summed E-state index contributed by atoms with van der Waals surface area (Å²) in [5, 5.41) is 0. The molecular formula is C42H76NO7P. The van der Waals surface area contributed by atoms with E-state index in [-0.39, 0.29) is 32.3 Å². The van der Waals surface area contributed by atoms with Crippen LogP contribution in [0.1, 0.15) is 162 Å². The highest BCUT2D eigenvalue weighted by atomic mass is 31.2. The number of carbonyl (C=O) groups is 1. The number of phosphoric acid groups is 1. The molecule has 51 heavy (non-hydrogen) atoms. The molecule has 0 aromatic heterocycles. The molecule has 2 unspecified atom stereocenters. The molecule has 0 aromatic rings. The fourth-order valence-electron chi connectivity index (χ4n) is 5.22. The molecule has 0 heterocycles. The summed E-state index contributed by atoms with van der Waals surface area (Å²) in [4.78, 5) is 22.4. The number of unbranched alkanes of at least 4 members (excludes halogenated alkanes) is 15. The van der Waals surface area contributed by atoms with Gasteiger partial charge in [0.05, 0.1) is 19.8 Å². The van der Waals surface area contributed by atoms with E-state index in [1.165, 1.54) is 57.8 Å². The van der Waals surface area contributed by atoms with Gasteiger partial charge in [0, 0.05) is 19.6 Å². The molecule has 0 spiro atoms. The van der Waals surface area contributed by atoms with Crippen LogP contribution in [0, 0.1) is 0 Å². The molecule has 0 fully saturated rings. The second-order valence-electron chi connectivity index (χ2n) is 13.1. The van der Waals surface area contributed by atoms with Crippen LogP contribution in [0.4, 0.5) is 0 Å². The number of nitrogens with two attached hydrogens (primary N) is 1. The van der Waals surface area contributed by atoms with Crippen LogP contribution in [-0.2, 0) is 27.9 Å². The van der Waals surface area contributed by atoms with E-state index in [0.29, 0.717) is 13.0 Å². The first-order valence-electron chi connectivity index (χ1n) is 20.3. The summed E-state index contributed by atoms with van der Waals surface area (Å²) in [5.74, 6) is -0.347. The Morgan fingerprint density at radius 2 is 1.10 bits per heavy atom. The van der Waals surface area contributed by atoms with Crippen LogP contribution in [0.5, 0.6) is 0 Å². The lowest BCUT2D eigenvalue weighted by atomic mass is 10.1. The largest absolute Gasteiger partial charge is 0.472 e. The molecule has 0 bridgehead atoms. The Labute approximate surface area is 313 Å². The lowest BCUT2D eigenvalue weighted by molar-refractivity contribution is -0.154. The minimum Gasteiger partial charge on any atom is -0.457 e. The molecular weight excluding hydrogens is 661 g/mol. The van der Waals surface area contributed by atoms with E-state index in [0.717, 1.165) is 83.5 Å². The third-order valence-electron chi connectivity index (χ3n) is 8.17. The summed E-state index contributed by atoms with van der Waals surface area (Å²) in [6, 6.07) is 0. The topological polar surface area (TPSA) is 117 Å². The van der Waals surface area contributed by atoms with Gasteiger partial charge in [-0.3, -0.25) is 13.8 Å². The molecule has 9 heteroatoms. The lowest BCUT2D eigenvalue weighted by Crippen LogP contribution is -2.28. The minimum atomic E-state index is -4.28. The maximum absolute atomic E-state index is 12.5. The van der Waals surface area contributed by atoms with Gasteiger partial charge in [0.2, 0.25) is 0 Å². The van der Waals surface area contributed by atoms with Crippen LogP contribution >= 0.6 is 7.82 Å². The number of phosphoric ester groups is 1. The van der Waals surface area contributed by atoms with Gasteiger partial charge in [-0.05, 0) is 77.0 Å². The molecule has 0 saturated heterocycles. The Morgan fingerprint density at radius 3 is 1.67 bits per heavy atom. The van der Waals surface area contributed by atoms with Gasteiger partial charge < -0.3 is 20.1 Å². The Morgan fingerprint density at radius 1 is 0.608 bits per heavy atom. The predicted octanol–water partition coefficient (Wildman–Crippen LogP) is 11.8. The van der Waals surface area contributed by atoms with Gasteiger partial charge in [-0.25, -0.2) is 4.57 Å². The van der Waals surface area contributed by atoms with E-state index in [1.807, 2.05) is 0 Å². The van der Waals surface area contributed by atoms with E-state index in [1.54, 1.807) is 0 Å². The zero-order valence-corrected chi connectivity index (χ0v) is 33.5. The summed E-state index contributed by atoms with van der Waals surface area (Å²) in [7, 11) is -4.28. The number of hydrogen-bond donors (Lipinski definition) is 2. The Kier molecular flexibility index (Phi) is 38.0. The molecule has 0 aliphatic carbocycles. The average molecular weight is 738 g/mol. The molecule has 2 atom stereocenters. The van der Waals surface area contributed by atoms with Crippen molar-refractivity contribution in [3.05, 3.63) is 60.8 Å². The van der Waals surface area contributed by atoms with Crippen molar-refractivity contribution in [2.24, 2.45) is 5.73 Å². The molecule has 296 valence electrons. The van der Waals surface area contributed by atoms with Crippen LogP contribution in [0.25, 0.3) is 0 Å². The van der Waals surface area contributed by atoms with Gasteiger partial charge >= 0.3 is 13.8 Å². The SMILES string of the molecule is CC/C=C\C/C=C\C/C=C\C/C=C\CCCCCCCCCOCC(COP(=O)(O)OCCN)OC(=O)CCCCCCC/C=C\CCCCC. The average Bonchev–Trinajstić information content (AvgIpc) is 3.12. The molecule has 0 rings (SSSR count). The number of carbonyl (C=O) groups excluding carboxylic acids is 1. The third kappa shape index (κ3) is 39.2. The fraction of sp³-hybridized carbons (Fsp3) is 0.738. The first kappa shape index (κ1) is 49.2. The number of hydrogen-bond acceptors (Lipinski definition) is 7. The maximum atomic E-state index is 12.5. The van der Waals surface area contributed by atoms with Gasteiger partial charge in [-0.2, -0.15) is 0 Å². The summed E-state index contributed by atoms with van der Waals surface area (Å²) < 4.78 is 33.3. The number of esters is 1. The Bertz CT molecular complexity index is 963. The Balaban J connectivity index is 4.07. The smallest absolute Gasteiger partial charge is 0.457 e. The van der Waals surface area contributed by atoms with Crippen molar-refractivity contribution in [3.63, 3.8) is 0 Å². The van der Waals surface area contributed by atoms with Gasteiger partial charge in [-0.15, -0.1) is 0 Å². The van der Waals surface area contributed by atoms with Gasteiger partial charge in [0.15, 0.2) is 0 Å². The molecule has 8 nitrogen and oxygen atoms in total. The highest BCUT2D eigenvalue weighted by Gasteiger charge is 2.25. The summed E-state index contributed by atoms with van der Waals surface area (Å²) in [6.07, 6.45) is 46.6. The molecule has 0 aliphatic heterocycles. The quantitative estimate of drug-likeness (QED) is 0.0278. The molecule has 0 aromatic carbocycles. The molecule has 0 radical (unpaired) electrons. The normalized spacial score (nSPS) is 14.2. The number of ether oxygens (including phenoxy) is 2. The van der Waals surface area contributed by atoms with Crippen molar-refractivity contribution in [2.45, 2.75) is 168 Å². The number of rotatable bonds is 38. The van der Waals surface area contributed by atoms with E-state index in [2.05, 4.69) is 74.6 Å². The van der Waals surface area contributed by atoms with E-state index in [9.17, 15) is 14.3 Å². The van der Waals surface area contributed by atoms with Crippen LogP contribution in [0.2, 0.25) is 0 Å². The zero-order valence-electron chi connectivity index (χ0n) is 32.6. The van der Waals surface area contributed by atoms with E-state index < -0.39 is 13.9 Å². The van der Waals surface area contributed by atoms with Crippen LogP contribution in [-0.4, -0.2) is 49.9 Å². The van der Waals surface area contributed by atoms with Crippen molar-refractivity contribution < 1.29 is 32.8 Å². The molecule has 3 N–H and O–H groups in total. The maximum Gasteiger partial charge on any atom is 0.472 e. The molecule has 0 amide bonds. The zero-order chi connectivity index (χ0) is 37.4. The van der Waals surface area contributed by atoms with Gasteiger partial charge in [-0.1, -0.05) is 139 Å². The Hall–Kier alpha value is -1.80. The van der Waals surface area contributed by atoms with Gasteiger partial charge in [0.25, 0.3) is 0 Å². The van der Waals surface area contributed by atoms with Crippen molar-refractivity contribution in [3.8, 4) is 0 Å². The van der Waals surface area contributed by atoms with Crippen molar-refractivity contribution in [1.29, 1.82) is 0 Å². The number of allylic oxidation sites excluding steroid dienone is 10. The lowest BCUT2D eigenvalue weighted by Gasteiger charge is -2.20. The highest BCUT2D eigenvalue weighted by molar-refractivity contribution is 7.47.